The summed E-state index contributed by atoms with van der Waals surface area (Å²) in [7, 11) is 3.04. The van der Waals surface area contributed by atoms with E-state index < -0.39 is 18.1 Å². The van der Waals surface area contributed by atoms with Gasteiger partial charge in [-0.25, -0.2) is 19.2 Å². The predicted octanol–water partition coefficient (Wildman–Crippen LogP) is 3.99. The summed E-state index contributed by atoms with van der Waals surface area (Å²) in [6.45, 7) is 0.617. The fourth-order valence-corrected chi connectivity index (χ4v) is 3.73. The van der Waals surface area contributed by atoms with E-state index in [1.165, 1.54) is 26.6 Å². The van der Waals surface area contributed by atoms with Gasteiger partial charge in [-0.15, -0.1) is 0 Å². The van der Waals surface area contributed by atoms with Gasteiger partial charge in [0.05, 0.1) is 23.3 Å². The van der Waals surface area contributed by atoms with Crippen LogP contribution in [0.2, 0.25) is 5.02 Å². The standard InChI is InChI=1S/C22H23ClFN5O4/c1-25-22(30)33-19-8-12(6-7-26-19)32-18-9-13-16(10-17(18)31-2)27-11-28-21(13)29-15-5-3-4-14(23)20(15)24/h3-5,9-12,19,26H,6-8H2,1-2H3,(H,25,30)(H,27,28,29)/t12-,19-/m1/s1. The van der Waals surface area contributed by atoms with Crippen molar-refractivity contribution >= 4 is 40.1 Å². The summed E-state index contributed by atoms with van der Waals surface area (Å²) in [5.74, 6) is 0.774. The van der Waals surface area contributed by atoms with E-state index >= 15 is 0 Å². The molecule has 174 valence electrons. The summed E-state index contributed by atoms with van der Waals surface area (Å²) >= 11 is 5.90. The Hall–Kier alpha value is -3.37. The number of carbonyl (C=O) groups excluding carboxylic acids is 1. The number of amides is 1. The highest BCUT2D eigenvalue weighted by molar-refractivity contribution is 6.31. The topological polar surface area (TPSA) is 107 Å². The molecule has 1 aliphatic heterocycles. The first-order valence-corrected chi connectivity index (χ1v) is 10.7. The van der Waals surface area contributed by atoms with Gasteiger partial charge < -0.3 is 24.8 Å². The molecule has 0 unspecified atom stereocenters. The fourth-order valence-electron chi connectivity index (χ4n) is 3.55. The quantitative estimate of drug-likeness (QED) is 0.491. The second-order valence-electron chi connectivity index (χ2n) is 7.33. The maximum atomic E-state index is 14.4. The number of ether oxygens (including phenoxy) is 3. The molecule has 4 rings (SSSR count). The van der Waals surface area contributed by atoms with Gasteiger partial charge >= 0.3 is 6.09 Å². The average molecular weight is 476 g/mol. The highest BCUT2D eigenvalue weighted by Gasteiger charge is 2.26. The monoisotopic (exact) mass is 475 g/mol. The summed E-state index contributed by atoms with van der Waals surface area (Å²) in [5, 5.41) is 9.16. The van der Waals surface area contributed by atoms with E-state index in [1.807, 2.05) is 0 Å². The minimum atomic E-state index is -0.576. The lowest BCUT2D eigenvalue weighted by Crippen LogP contribution is -2.46. The Morgan fingerprint density at radius 3 is 2.91 bits per heavy atom. The third kappa shape index (κ3) is 5.18. The molecule has 2 atom stereocenters. The largest absolute Gasteiger partial charge is 0.493 e. The Morgan fingerprint density at radius 1 is 1.27 bits per heavy atom. The van der Waals surface area contributed by atoms with Gasteiger partial charge in [-0.1, -0.05) is 17.7 Å². The number of piperidine rings is 1. The Labute approximate surface area is 194 Å². The smallest absolute Gasteiger partial charge is 0.408 e. The first-order valence-electron chi connectivity index (χ1n) is 10.3. The van der Waals surface area contributed by atoms with Crippen LogP contribution in [0.1, 0.15) is 12.8 Å². The summed E-state index contributed by atoms with van der Waals surface area (Å²) < 4.78 is 31.4. The highest BCUT2D eigenvalue weighted by atomic mass is 35.5. The normalized spacial score (nSPS) is 17.9. The van der Waals surface area contributed by atoms with Crippen LogP contribution in [0.25, 0.3) is 10.9 Å². The Morgan fingerprint density at radius 2 is 2.12 bits per heavy atom. The van der Waals surface area contributed by atoms with Crippen LogP contribution in [0.15, 0.2) is 36.7 Å². The van der Waals surface area contributed by atoms with Gasteiger partial charge in [0.15, 0.2) is 23.5 Å². The lowest BCUT2D eigenvalue weighted by molar-refractivity contribution is 0.0204. The van der Waals surface area contributed by atoms with Gasteiger partial charge in [0.1, 0.15) is 18.2 Å². The van der Waals surface area contributed by atoms with Gasteiger partial charge in [-0.3, -0.25) is 5.32 Å². The van der Waals surface area contributed by atoms with Crippen LogP contribution in [0.5, 0.6) is 11.5 Å². The Balaban J connectivity index is 1.62. The van der Waals surface area contributed by atoms with Crippen LogP contribution in [0.3, 0.4) is 0 Å². The molecule has 1 amide bonds. The molecule has 3 N–H and O–H groups in total. The fraction of sp³-hybridized carbons (Fsp3) is 0.318. The highest BCUT2D eigenvalue weighted by Crippen LogP contribution is 2.36. The van der Waals surface area contributed by atoms with Gasteiger partial charge in [-0.05, 0) is 24.6 Å². The third-order valence-electron chi connectivity index (χ3n) is 5.19. The van der Waals surface area contributed by atoms with Crippen molar-refractivity contribution in [2.24, 2.45) is 0 Å². The Bertz CT molecular complexity index is 1170. The molecule has 0 saturated carbocycles. The SMILES string of the molecule is CNC(=O)O[C@@H]1C[C@H](Oc2cc3c(Nc4cccc(Cl)c4F)ncnc3cc2OC)CCN1. The van der Waals surface area contributed by atoms with Crippen molar-refractivity contribution in [3.05, 3.63) is 47.5 Å². The second kappa shape index (κ2) is 10.1. The summed E-state index contributed by atoms with van der Waals surface area (Å²) in [4.78, 5) is 20.1. The number of nitrogens with zero attached hydrogens (tertiary/aromatic N) is 2. The molecule has 3 aromatic rings. The first-order chi connectivity index (χ1) is 16.0. The number of halogens is 2. The zero-order valence-corrected chi connectivity index (χ0v) is 18.8. The van der Waals surface area contributed by atoms with Gasteiger partial charge in [0.25, 0.3) is 0 Å². The first kappa shape index (κ1) is 22.8. The lowest BCUT2D eigenvalue weighted by atomic mass is 10.1. The Kier molecular flexibility index (Phi) is 6.95. The molecule has 0 bridgehead atoms. The van der Waals surface area contributed by atoms with E-state index in [2.05, 4.69) is 25.9 Å². The molecule has 11 heteroatoms. The number of alkyl carbamates (subject to hydrolysis) is 1. The molecular weight excluding hydrogens is 453 g/mol. The van der Waals surface area contributed by atoms with Crippen molar-refractivity contribution in [3.8, 4) is 11.5 Å². The predicted molar refractivity (Wildman–Crippen MR) is 122 cm³/mol. The third-order valence-corrected chi connectivity index (χ3v) is 5.48. The molecule has 33 heavy (non-hydrogen) atoms. The zero-order chi connectivity index (χ0) is 23.4. The van der Waals surface area contributed by atoms with Crippen molar-refractivity contribution in [1.29, 1.82) is 0 Å². The van der Waals surface area contributed by atoms with E-state index in [0.717, 1.165) is 0 Å². The number of hydrogen-bond acceptors (Lipinski definition) is 8. The number of anilines is 2. The molecule has 1 saturated heterocycles. The summed E-state index contributed by atoms with van der Waals surface area (Å²) in [6.07, 6.45) is 1.33. The molecule has 2 heterocycles. The van der Waals surface area contributed by atoms with Crippen LogP contribution >= 0.6 is 11.6 Å². The van der Waals surface area contributed by atoms with E-state index in [4.69, 9.17) is 25.8 Å². The van der Waals surface area contributed by atoms with Crippen LogP contribution in [-0.4, -0.2) is 49.1 Å². The number of carbonyl (C=O) groups is 1. The lowest BCUT2D eigenvalue weighted by Gasteiger charge is -2.30. The molecule has 1 fully saturated rings. The maximum Gasteiger partial charge on any atom is 0.408 e. The number of aromatic nitrogens is 2. The molecule has 9 nitrogen and oxygen atoms in total. The van der Waals surface area contributed by atoms with Gasteiger partial charge in [0.2, 0.25) is 0 Å². The number of nitrogens with one attached hydrogen (secondary N) is 3. The van der Waals surface area contributed by atoms with Crippen LogP contribution in [0.4, 0.5) is 20.7 Å². The van der Waals surface area contributed by atoms with Crippen LogP contribution in [0, 0.1) is 5.82 Å². The molecule has 1 aliphatic rings. The number of fused-ring (bicyclic) bond motifs is 1. The number of rotatable bonds is 6. The van der Waals surface area contributed by atoms with E-state index in [9.17, 15) is 9.18 Å². The minimum Gasteiger partial charge on any atom is -0.493 e. The van der Waals surface area contributed by atoms with Crippen molar-refractivity contribution in [2.75, 3.05) is 26.0 Å². The van der Waals surface area contributed by atoms with E-state index in [1.54, 1.807) is 24.3 Å². The zero-order valence-electron chi connectivity index (χ0n) is 18.0. The van der Waals surface area contributed by atoms with Crippen molar-refractivity contribution in [2.45, 2.75) is 25.2 Å². The van der Waals surface area contributed by atoms with Crippen molar-refractivity contribution in [3.63, 3.8) is 0 Å². The minimum absolute atomic E-state index is 0.00323. The van der Waals surface area contributed by atoms with E-state index in [0.29, 0.717) is 47.6 Å². The molecule has 0 spiro atoms. The number of methoxy groups -OCH3 is 1. The molecule has 0 radical (unpaired) electrons. The summed E-state index contributed by atoms with van der Waals surface area (Å²) in [6, 6.07) is 8.15. The molecule has 2 aromatic carbocycles. The maximum absolute atomic E-state index is 14.4. The van der Waals surface area contributed by atoms with Gasteiger partial charge in [-0.2, -0.15) is 0 Å². The summed E-state index contributed by atoms with van der Waals surface area (Å²) in [5.41, 5.74) is 0.776. The number of benzene rings is 2. The second-order valence-corrected chi connectivity index (χ2v) is 7.74. The number of hydrogen-bond donors (Lipinski definition) is 3. The van der Waals surface area contributed by atoms with Gasteiger partial charge in [0, 0.05) is 31.5 Å². The molecule has 0 aliphatic carbocycles. The molecule has 1 aromatic heterocycles. The van der Waals surface area contributed by atoms with Crippen molar-refractivity contribution < 1.29 is 23.4 Å². The van der Waals surface area contributed by atoms with Crippen molar-refractivity contribution in [1.82, 2.24) is 20.6 Å². The molecular formula is C22H23ClFN5O4. The van der Waals surface area contributed by atoms with Crippen LogP contribution < -0.4 is 25.4 Å². The van der Waals surface area contributed by atoms with E-state index in [-0.39, 0.29) is 16.8 Å². The van der Waals surface area contributed by atoms with Crippen LogP contribution in [-0.2, 0) is 4.74 Å². The average Bonchev–Trinajstić information content (AvgIpc) is 2.82.